The molecule has 1 N–H and O–H groups in total. The SMILES string of the molecule is O=C1CCC(=O)[N+]1(O)OC(=S)CCc1ccccn1. The highest BCUT2D eigenvalue weighted by Gasteiger charge is 2.54. The van der Waals surface area contributed by atoms with Crippen LogP contribution in [0.25, 0.3) is 0 Å². The number of hydrogen-bond donors (Lipinski definition) is 1. The molecule has 1 aliphatic heterocycles. The van der Waals surface area contributed by atoms with Gasteiger partial charge in [-0.2, -0.15) is 5.21 Å². The molecule has 1 aromatic heterocycles. The van der Waals surface area contributed by atoms with Gasteiger partial charge in [-0.25, -0.2) is 9.59 Å². The topological polar surface area (TPSA) is 76.5 Å². The zero-order valence-electron chi connectivity index (χ0n) is 10.1. The number of aryl methyl sites for hydroxylation is 1. The molecule has 0 atom stereocenters. The van der Waals surface area contributed by atoms with Crippen LogP contribution in [0.15, 0.2) is 24.4 Å². The molecular formula is C12H13N2O4S+. The van der Waals surface area contributed by atoms with E-state index in [2.05, 4.69) is 4.98 Å². The summed E-state index contributed by atoms with van der Waals surface area (Å²) in [4.78, 5) is 30.2. The smallest absolute Gasteiger partial charge is 0.261 e. The lowest BCUT2D eigenvalue weighted by Crippen LogP contribution is -2.50. The van der Waals surface area contributed by atoms with Gasteiger partial charge in [0.25, 0.3) is 0 Å². The van der Waals surface area contributed by atoms with Crippen LogP contribution in [0.4, 0.5) is 0 Å². The van der Waals surface area contributed by atoms with Gasteiger partial charge in [-0.1, -0.05) is 6.07 Å². The average Bonchev–Trinajstić information content (AvgIpc) is 2.65. The second-order valence-corrected chi connectivity index (χ2v) is 4.60. The second-order valence-electron chi connectivity index (χ2n) is 4.15. The van der Waals surface area contributed by atoms with Crippen molar-refractivity contribution >= 4 is 29.1 Å². The van der Waals surface area contributed by atoms with Gasteiger partial charge in [0.05, 0.1) is 12.8 Å². The summed E-state index contributed by atoms with van der Waals surface area (Å²) in [6.45, 7) is 0. The van der Waals surface area contributed by atoms with Crippen LogP contribution in [0.1, 0.15) is 25.0 Å². The van der Waals surface area contributed by atoms with Crippen LogP contribution in [0.5, 0.6) is 0 Å². The number of pyridine rings is 1. The van der Waals surface area contributed by atoms with Crippen molar-refractivity contribution < 1.29 is 24.4 Å². The normalized spacial score (nSPS) is 17.5. The fraction of sp³-hybridized carbons (Fsp3) is 0.333. The number of hydrogen-bond acceptors (Lipinski definition) is 6. The fourth-order valence-corrected chi connectivity index (χ4v) is 1.94. The molecular weight excluding hydrogens is 268 g/mol. The summed E-state index contributed by atoms with van der Waals surface area (Å²) >= 11 is 4.94. The van der Waals surface area contributed by atoms with E-state index in [4.69, 9.17) is 17.1 Å². The number of hydroxylamine groups is 4. The van der Waals surface area contributed by atoms with Gasteiger partial charge in [-0.15, -0.1) is 0 Å². The molecule has 1 saturated heterocycles. The van der Waals surface area contributed by atoms with Crippen LogP contribution >= 0.6 is 12.2 Å². The fourth-order valence-electron chi connectivity index (χ4n) is 1.73. The molecule has 0 spiro atoms. The Bertz CT molecular complexity index is 502. The Kier molecular flexibility index (Phi) is 3.98. The van der Waals surface area contributed by atoms with Crippen molar-refractivity contribution in [1.82, 2.24) is 4.98 Å². The highest BCUT2D eigenvalue weighted by atomic mass is 32.1. The molecule has 2 heterocycles. The molecule has 0 bridgehead atoms. The third-order valence-electron chi connectivity index (χ3n) is 2.77. The first kappa shape index (κ1) is 13.7. The zero-order valence-corrected chi connectivity index (χ0v) is 10.9. The van der Waals surface area contributed by atoms with Gasteiger partial charge in [-0.05, 0) is 30.8 Å². The van der Waals surface area contributed by atoms with Crippen LogP contribution in [0.2, 0.25) is 0 Å². The van der Waals surface area contributed by atoms with E-state index in [1.54, 1.807) is 12.3 Å². The number of thiocarbonyl (C=S) groups is 1. The van der Waals surface area contributed by atoms with Gasteiger partial charge in [0, 0.05) is 18.3 Å². The number of quaternary nitrogens is 1. The van der Waals surface area contributed by atoms with Gasteiger partial charge >= 0.3 is 11.8 Å². The lowest BCUT2D eigenvalue weighted by atomic mass is 10.2. The van der Waals surface area contributed by atoms with E-state index in [9.17, 15) is 14.8 Å². The molecule has 0 saturated carbocycles. The summed E-state index contributed by atoms with van der Waals surface area (Å²) in [5.41, 5.74) is 0.817. The Morgan fingerprint density at radius 3 is 2.63 bits per heavy atom. The van der Waals surface area contributed by atoms with Gasteiger partial charge in [0.2, 0.25) is 5.05 Å². The summed E-state index contributed by atoms with van der Waals surface area (Å²) in [5.74, 6) is -1.38. The minimum absolute atomic E-state index is 0.0109. The predicted octanol–water partition coefficient (Wildman–Crippen LogP) is 1.33. The Morgan fingerprint density at radius 1 is 1.37 bits per heavy atom. The first-order valence-electron chi connectivity index (χ1n) is 5.83. The maximum Gasteiger partial charge on any atom is 0.397 e. The molecule has 1 aliphatic rings. The monoisotopic (exact) mass is 281 g/mol. The van der Waals surface area contributed by atoms with E-state index in [0.29, 0.717) is 12.8 Å². The molecule has 2 rings (SSSR count). The number of aromatic nitrogens is 1. The van der Waals surface area contributed by atoms with Gasteiger partial charge in [0.1, 0.15) is 4.81 Å². The molecule has 7 heteroatoms. The summed E-state index contributed by atoms with van der Waals surface area (Å²) in [6, 6.07) is 5.48. The predicted molar refractivity (Wildman–Crippen MR) is 67.5 cm³/mol. The quantitative estimate of drug-likeness (QED) is 0.388. The van der Waals surface area contributed by atoms with Crippen molar-refractivity contribution in [2.45, 2.75) is 25.7 Å². The molecule has 2 amide bonds. The van der Waals surface area contributed by atoms with Crippen molar-refractivity contribution in [3.05, 3.63) is 30.1 Å². The maximum absolute atomic E-state index is 11.4. The summed E-state index contributed by atoms with van der Waals surface area (Å²) in [7, 11) is 0. The Morgan fingerprint density at radius 2 is 2.05 bits per heavy atom. The van der Waals surface area contributed by atoms with Crippen LogP contribution < -0.4 is 0 Å². The van der Waals surface area contributed by atoms with Gasteiger partial charge in [0.15, 0.2) is 0 Å². The van der Waals surface area contributed by atoms with Crippen molar-refractivity contribution in [2.24, 2.45) is 0 Å². The van der Waals surface area contributed by atoms with Crippen LogP contribution in [0, 0.1) is 0 Å². The highest BCUT2D eigenvalue weighted by Crippen LogP contribution is 2.21. The molecule has 19 heavy (non-hydrogen) atoms. The second kappa shape index (κ2) is 5.52. The highest BCUT2D eigenvalue weighted by molar-refractivity contribution is 7.80. The Labute approximate surface area is 115 Å². The van der Waals surface area contributed by atoms with E-state index < -0.39 is 16.6 Å². The lowest BCUT2D eigenvalue weighted by molar-refractivity contribution is -1.11. The largest absolute Gasteiger partial charge is 0.397 e. The third kappa shape index (κ3) is 3.01. The van der Waals surface area contributed by atoms with Crippen molar-refractivity contribution in [1.29, 1.82) is 0 Å². The molecule has 100 valence electrons. The third-order valence-corrected chi connectivity index (χ3v) is 3.05. The summed E-state index contributed by atoms with van der Waals surface area (Å²) < 4.78 is 0. The van der Waals surface area contributed by atoms with Crippen LogP contribution in [-0.4, -0.2) is 31.9 Å². The van der Waals surface area contributed by atoms with E-state index in [1.807, 2.05) is 12.1 Å². The zero-order chi connectivity index (χ0) is 13.9. The molecule has 1 aromatic rings. The number of imide groups is 1. The van der Waals surface area contributed by atoms with E-state index >= 15 is 0 Å². The van der Waals surface area contributed by atoms with Gasteiger partial charge in [-0.3, -0.25) is 9.82 Å². The number of rotatable bonds is 4. The van der Waals surface area contributed by atoms with Crippen LogP contribution in [-0.2, 0) is 20.8 Å². The number of nitrogens with zero attached hydrogens (tertiary/aromatic N) is 2. The number of carbonyl (C=O) groups excluding carboxylic acids is 2. The molecule has 6 nitrogen and oxygen atoms in total. The summed E-state index contributed by atoms with van der Waals surface area (Å²) in [6.07, 6.45) is 2.42. The average molecular weight is 281 g/mol. The Hall–Kier alpha value is -1.70. The van der Waals surface area contributed by atoms with E-state index in [0.717, 1.165) is 5.69 Å². The summed E-state index contributed by atoms with van der Waals surface area (Å²) in [5, 5.41) is 9.82. The molecule has 0 radical (unpaired) electrons. The van der Waals surface area contributed by atoms with Gasteiger partial charge < -0.3 is 0 Å². The van der Waals surface area contributed by atoms with Crippen molar-refractivity contribution in [3.63, 3.8) is 0 Å². The maximum atomic E-state index is 11.4. The van der Waals surface area contributed by atoms with Crippen LogP contribution in [0.3, 0.4) is 0 Å². The number of amides is 2. The Balaban J connectivity index is 1.91. The van der Waals surface area contributed by atoms with Crippen molar-refractivity contribution in [3.8, 4) is 0 Å². The van der Waals surface area contributed by atoms with E-state index in [-0.39, 0.29) is 17.9 Å². The van der Waals surface area contributed by atoms with Crippen molar-refractivity contribution in [2.75, 3.05) is 0 Å². The minimum Gasteiger partial charge on any atom is -0.261 e. The minimum atomic E-state index is -1.65. The molecule has 1 fully saturated rings. The lowest BCUT2D eigenvalue weighted by Gasteiger charge is -2.17. The molecule has 0 unspecified atom stereocenters. The molecule has 0 aliphatic carbocycles. The first-order chi connectivity index (χ1) is 9.02. The molecule has 0 aromatic carbocycles. The first-order valence-corrected chi connectivity index (χ1v) is 6.24. The number of carbonyl (C=O) groups is 2. The standard InChI is InChI=1S/C12H13N2O4S/c15-10-5-6-11(16)14(10,17)18-12(19)7-4-9-3-1-2-8-13-9/h1-3,8,17H,4-7H2/q+1. The van der Waals surface area contributed by atoms with E-state index in [1.165, 1.54) is 0 Å².